The number of pyridine rings is 3. The highest BCUT2D eigenvalue weighted by Gasteiger charge is 2.22. The molecule has 4 nitrogen and oxygen atoms in total. The van der Waals surface area contributed by atoms with Gasteiger partial charge in [0, 0.05) is 34.7 Å². The molecule has 5 aromatic rings. The fraction of sp³-hybridized carbons (Fsp3) is 0.0870. The van der Waals surface area contributed by atoms with Crippen molar-refractivity contribution in [1.82, 2.24) is 9.97 Å². The van der Waals surface area contributed by atoms with Gasteiger partial charge in [0.05, 0.1) is 11.3 Å². The van der Waals surface area contributed by atoms with Crippen molar-refractivity contribution in [3.05, 3.63) is 78.5 Å². The summed E-state index contributed by atoms with van der Waals surface area (Å²) in [5.41, 5.74) is 5.97. The Kier molecular flexibility index (Phi) is 3.69. The summed E-state index contributed by atoms with van der Waals surface area (Å²) in [6.45, 7) is 2.05. The van der Waals surface area contributed by atoms with Crippen molar-refractivity contribution in [2.45, 2.75) is 6.92 Å². The Labute approximate surface area is 160 Å². The lowest BCUT2D eigenvalue weighted by Crippen LogP contribution is -2.30. The lowest BCUT2D eigenvalue weighted by atomic mass is 9.99. The Morgan fingerprint density at radius 2 is 1.86 bits per heavy atom. The zero-order chi connectivity index (χ0) is 19.3. The van der Waals surface area contributed by atoms with Crippen LogP contribution in [0.25, 0.3) is 44.6 Å². The summed E-state index contributed by atoms with van der Waals surface area (Å²) in [4.78, 5) is 8.37. The lowest BCUT2D eigenvalue weighted by Gasteiger charge is -2.07. The van der Waals surface area contributed by atoms with E-state index in [1.165, 1.54) is 6.07 Å². The normalized spacial score (nSPS) is 11.4. The van der Waals surface area contributed by atoms with Gasteiger partial charge in [0.1, 0.15) is 7.05 Å². The van der Waals surface area contributed by atoms with Gasteiger partial charge in [-0.1, -0.05) is 18.2 Å². The maximum Gasteiger partial charge on any atom is 0.229 e. The van der Waals surface area contributed by atoms with E-state index in [1.807, 2.05) is 50.5 Å². The third kappa shape index (κ3) is 2.55. The van der Waals surface area contributed by atoms with E-state index in [1.54, 1.807) is 12.3 Å². The first-order chi connectivity index (χ1) is 13.6. The minimum absolute atomic E-state index is 0.311. The monoisotopic (exact) mass is 370 g/mol. The molecule has 0 unspecified atom stereocenters. The molecule has 0 saturated heterocycles. The van der Waals surface area contributed by atoms with Crippen LogP contribution in [0.15, 0.2) is 71.4 Å². The first kappa shape index (κ1) is 16.6. The molecule has 0 aliphatic carbocycles. The Hall–Kier alpha value is -3.60. The van der Waals surface area contributed by atoms with E-state index in [0.717, 1.165) is 38.9 Å². The van der Waals surface area contributed by atoms with E-state index in [9.17, 15) is 4.39 Å². The number of hydrogen-bond acceptors (Lipinski definition) is 3. The van der Waals surface area contributed by atoms with Crippen molar-refractivity contribution in [1.29, 1.82) is 0 Å². The number of fused-ring (bicyclic) bond motifs is 3. The highest BCUT2D eigenvalue weighted by molar-refractivity contribution is 6.08. The number of aryl methyl sites for hydroxylation is 2. The number of nitrogens with zero attached hydrogens (tertiary/aromatic N) is 3. The van der Waals surface area contributed by atoms with E-state index < -0.39 is 5.95 Å². The second kappa shape index (κ2) is 6.23. The fourth-order valence-electron chi connectivity index (χ4n) is 3.63. The molecule has 0 radical (unpaired) electrons. The molecule has 0 fully saturated rings. The molecular formula is C23H17FN3O+. The van der Waals surface area contributed by atoms with Gasteiger partial charge >= 0.3 is 0 Å². The van der Waals surface area contributed by atoms with Crippen LogP contribution in [0.5, 0.6) is 0 Å². The van der Waals surface area contributed by atoms with Gasteiger partial charge in [0.15, 0.2) is 11.8 Å². The number of benzene rings is 1. The Morgan fingerprint density at radius 3 is 2.68 bits per heavy atom. The largest absolute Gasteiger partial charge is 0.437 e. The van der Waals surface area contributed by atoms with Crippen LogP contribution in [0.3, 0.4) is 0 Å². The van der Waals surface area contributed by atoms with E-state index >= 15 is 0 Å². The molecule has 0 atom stereocenters. The summed E-state index contributed by atoms with van der Waals surface area (Å²) >= 11 is 0. The van der Waals surface area contributed by atoms with Crippen molar-refractivity contribution >= 4 is 22.1 Å². The van der Waals surface area contributed by atoms with Crippen LogP contribution >= 0.6 is 0 Å². The standard InChI is InChI=1S/C23H17FN3O/c1-14-6-7-16-17-8-9-20(24)26-23(17)28-22(16)21(14)19-13-15(10-12-27(19)2)18-5-3-4-11-25-18/h3-13H,1-2H3/q+1. The second-order valence-electron chi connectivity index (χ2n) is 6.85. The SMILES string of the molecule is Cc1ccc2c(oc3nc(F)ccc32)c1-c1cc(-c2ccccn2)cc[n+]1C. The minimum Gasteiger partial charge on any atom is -0.437 e. The molecule has 4 aromatic heterocycles. The van der Waals surface area contributed by atoms with Crippen molar-refractivity contribution in [2.75, 3.05) is 0 Å². The van der Waals surface area contributed by atoms with Crippen LogP contribution in [0.1, 0.15) is 5.56 Å². The molecular weight excluding hydrogens is 353 g/mol. The first-order valence-corrected chi connectivity index (χ1v) is 9.01. The van der Waals surface area contributed by atoms with Gasteiger partial charge in [-0.05, 0) is 36.8 Å². The van der Waals surface area contributed by atoms with Crippen LogP contribution < -0.4 is 4.57 Å². The summed E-state index contributed by atoms with van der Waals surface area (Å²) < 4.78 is 21.7. The molecule has 5 heteroatoms. The number of aromatic nitrogens is 3. The summed E-state index contributed by atoms with van der Waals surface area (Å²) in [6, 6.07) is 17.1. The van der Waals surface area contributed by atoms with Crippen molar-refractivity contribution in [3.63, 3.8) is 0 Å². The third-order valence-corrected chi connectivity index (χ3v) is 5.05. The van der Waals surface area contributed by atoms with Gasteiger partial charge in [-0.2, -0.15) is 9.37 Å². The predicted octanol–water partition coefficient (Wildman–Crippen LogP) is 4.98. The average molecular weight is 370 g/mol. The summed E-state index contributed by atoms with van der Waals surface area (Å²) in [5, 5.41) is 1.73. The highest BCUT2D eigenvalue weighted by Crippen LogP contribution is 2.37. The number of rotatable bonds is 2. The van der Waals surface area contributed by atoms with Crippen molar-refractivity contribution < 1.29 is 13.4 Å². The molecule has 4 heterocycles. The maximum atomic E-state index is 13.6. The molecule has 136 valence electrons. The van der Waals surface area contributed by atoms with Crippen LogP contribution in [-0.2, 0) is 7.05 Å². The summed E-state index contributed by atoms with van der Waals surface area (Å²) in [6.07, 6.45) is 3.80. The summed E-state index contributed by atoms with van der Waals surface area (Å²) in [7, 11) is 2.00. The Bertz CT molecular complexity index is 1340. The number of furan rings is 1. The lowest BCUT2D eigenvalue weighted by molar-refractivity contribution is -0.660. The topological polar surface area (TPSA) is 42.8 Å². The zero-order valence-corrected chi connectivity index (χ0v) is 15.5. The highest BCUT2D eigenvalue weighted by atomic mass is 19.1. The fourth-order valence-corrected chi connectivity index (χ4v) is 3.63. The molecule has 0 bridgehead atoms. The quantitative estimate of drug-likeness (QED) is 0.325. The molecule has 0 aliphatic rings. The third-order valence-electron chi connectivity index (χ3n) is 5.05. The van der Waals surface area contributed by atoms with Crippen molar-refractivity contribution in [2.24, 2.45) is 7.05 Å². The number of halogens is 1. The van der Waals surface area contributed by atoms with E-state index in [4.69, 9.17) is 4.42 Å². The van der Waals surface area contributed by atoms with E-state index in [-0.39, 0.29) is 0 Å². The zero-order valence-electron chi connectivity index (χ0n) is 15.5. The molecule has 0 saturated carbocycles. The van der Waals surface area contributed by atoms with Gasteiger partial charge < -0.3 is 4.42 Å². The first-order valence-electron chi connectivity index (χ1n) is 9.01. The van der Waals surface area contributed by atoms with Crippen LogP contribution in [0.2, 0.25) is 0 Å². The van der Waals surface area contributed by atoms with Crippen molar-refractivity contribution in [3.8, 4) is 22.5 Å². The second-order valence-corrected chi connectivity index (χ2v) is 6.85. The van der Waals surface area contributed by atoms with Crippen LogP contribution in [0, 0.1) is 12.9 Å². The molecule has 28 heavy (non-hydrogen) atoms. The van der Waals surface area contributed by atoms with Gasteiger partial charge in [-0.25, -0.2) is 4.57 Å². The van der Waals surface area contributed by atoms with Crippen LogP contribution in [-0.4, -0.2) is 9.97 Å². The van der Waals surface area contributed by atoms with Gasteiger partial charge in [0.25, 0.3) is 0 Å². The van der Waals surface area contributed by atoms with E-state index in [0.29, 0.717) is 11.3 Å². The Balaban J connectivity index is 1.82. The molecule has 1 aromatic carbocycles. The van der Waals surface area contributed by atoms with E-state index in [2.05, 4.69) is 26.7 Å². The smallest absolute Gasteiger partial charge is 0.229 e. The summed E-state index contributed by atoms with van der Waals surface area (Å²) in [5.74, 6) is -0.549. The van der Waals surface area contributed by atoms with Gasteiger partial charge in [0.2, 0.25) is 17.4 Å². The number of hydrogen-bond donors (Lipinski definition) is 0. The maximum absolute atomic E-state index is 13.6. The molecule has 0 aliphatic heterocycles. The van der Waals surface area contributed by atoms with Crippen LogP contribution in [0.4, 0.5) is 4.39 Å². The predicted molar refractivity (Wildman–Crippen MR) is 106 cm³/mol. The van der Waals surface area contributed by atoms with Gasteiger partial charge in [-0.15, -0.1) is 0 Å². The molecule has 0 N–H and O–H groups in total. The van der Waals surface area contributed by atoms with Gasteiger partial charge in [-0.3, -0.25) is 4.98 Å². The minimum atomic E-state index is -0.549. The molecule has 5 rings (SSSR count). The average Bonchev–Trinajstić information content (AvgIpc) is 3.06. The molecule has 0 spiro atoms. The molecule has 0 amide bonds. The Morgan fingerprint density at radius 1 is 1.00 bits per heavy atom.